The van der Waals surface area contributed by atoms with Crippen molar-refractivity contribution >= 4 is 0 Å². The van der Waals surface area contributed by atoms with Crippen LogP contribution in [0.5, 0.6) is 0 Å². The third kappa shape index (κ3) is 2.52. The van der Waals surface area contributed by atoms with Crippen LogP contribution < -0.4 is 5.32 Å². The van der Waals surface area contributed by atoms with Crippen LogP contribution in [0, 0.1) is 0 Å². The van der Waals surface area contributed by atoms with Gasteiger partial charge in [0.05, 0.1) is 24.5 Å². The minimum Gasteiger partial charge on any atom is -0.468 e. The predicted octanol–water partition coefficient (Wildman–Crippen LogP) is 2.68. The first kappa shape index (κ1) is 11.0. The standard InChI is InChI=1S/C12H16N2O2/c1-3-10-7-11(16-14-10)8-13-9(2)12-5-4-6-15-12/h4-7,9,13H,3,8H2,1-2H3. The quantitative estimate of drug-likeness (QED) is 0.841. The third-order valence-electron chi connectivity index (χ3n) is 2.52. The molecule has 0 amide bonds. The summed E-state index contributed by atoms with van der Waals surface area (Å²) in [6, 6.07) is 5.99. The van der Waals surface area contributed by atoms with Crippen LogP contribution in [0.4, 0.5) is 0 Å². The van der Waals surface area contributed by atoms with E-state index in [0.29, 0.717) is 6.54 Å². The topological polar surface area (TPSA) is 51.2 Å². The number of aryl methyl sites for hydroxylation is 1. The highest BCUT2D eigenvalue weighted by atomic mass is 16.5. The fraction of sp³-hybridized carbons (Fsp3) is 0.417. The molecule has 86 valence electrons. The van der Waals surface area contributed by atoms with Gasteiger partial charge in [0.15, 0.2) is 5.76 Å². The minimum absolute atomic E-state index is 0.171. The number of nitrogens with zero attached hydrogens (tertiary/aromatic N) is 1. The van der Waals surface area contributed by atoms with Crippen LogP contribution in [0.3, 0.4) is 0 Å². The zero-order valence-electron chi connectivity index (χ0n) is 9.56. The number of hydrogen-bond acceptors (Lipinski definition) is 4. The van der Waals surface area contributed by atoms with Gasteiger partial charge in [-0.15, -0.1) is 0 Å². The molecule has 0 spiro atoms. The highest BCUT2D eigenvalue weighted by molar-refractivity contribution is 5.07. The summed E-state index contributed by atoms with van der Waals surface area (Å²) < 4.78 is 10.5. The first-order chi connectivity index (χ1) is 7.79. The monoisotopic (exact) mass is 220 g/mol. The molecule has 0 bridgehead atoms. The van der Waals surface area contributed by atoms with Gasteiger partial charge in [0.25, 0.3) is 0 Å². The van der Waals surface area contributed by atoms with Gasteiger partial charge >= 0.3 is 0 Å². The summed E-state index contributed by atoms with van der Waals surface area (Å²) in [5.74, 6) is 1.78. The lowest BCUT2D eigenvalue weighted by Crippen LogP contribution is -2.17. The van der Waals surface area contributed by atoms with Crippen molar-refractivity contribution in [3.05, 3.63) is 41.7 Å². The lowest BCUT2D eigenvalue weighted by Gasteiger charge is -2.08. The first-order valence-corrected chi connectivity index (χ1v) is 5.51. The van der Waals surface area contributed by atoms with E-state index in [1.54, 1.807) is 6.26 Å². The van der Waals surface area contributed by atoms with E-state index in [0.717, 1.165) is 23.6 Å². The van der Waals surface area contributed by atoms with E-state index < -0.39 is 0 Å². The molecule has 0 saturated heterocycles. The van der Waals surface area contributed by atoms with Gasteiger partial charge in [0.2, 0.25) is 0 Å². The van der Waals surface area contributed by atoms with Gasteiger partial charge in [0.1, 0.15) is 5.76 Å². The fourth-order valence-electron chi connectivity index (χ4n) is 1.50. The zero-order valence-corrected chi connectivity index (χ0v) is 9.56. The van der Waals surface area contributed by atoms with E-state index in [1.807, 2.05) is 18.2 Å². The molecular weight excluding hydrogens is 204 g/mol. The maximum absolute atomic E-state index is 5.30. The SMILES string of the molecule is CCc1cc(CNC(C)c2ccco2)on1. The number of hydrogen-bond donors (Lipinski definition) is 1. The van der Waals surface area contributed by atoms with Gasteiger partial charge in [-0.3, -0.25) is 0 Å². The molecule has 1 atom stereocenters. The fourth-order valence-corrected chi connectivity index (χ4v) is 1.50. The molecule has 0 aliphatic rings. The second kappa shape index (κ2) is 4.99. The van der Waals surface area contributed by atoms with Crippen molar-refractivity contribution < 1.29 is 8.94 Å². The molecule has 2 heterocycles. The molecule has 0 saturated carbocycles. The van der Waals surface area contributed by atoms with E-state index in [2.05, 4.69) is 24.3 Å². The molecule has 0 aliphatic heterocycles. The molecule has 4 heteroatoms. The lowest BCUT2D eigenvalue weighted by molar-refractivity contribution is 0.352. The van der Waals surface area contributed by atoms with Crippen LogP contribution in [0.25, 0.3) is 0 Å². The van der Waals surface area contributed by atoms with Crippen LogP contribution in [0.15, 0.2) is 33.4 Å². The summed E-state index contributed by atoms with van der Waals surface area (Å²) in [7, 11) is 0. The lowest BCUT2D eigenvalue weighted by atomic mass is 10.2. The van der Waals surface area contributed by atoms with Crippen molar-refractivity contribution in [1.29, 1.82) is 0 Å². The molecule has 16 heavy (non-hydrogen) atoms. The van der Waals surface area contributed by atoms with Gasteiger partial charge < -0.3 is 14.3 Å². The summed E-state index contributed by atoms with van der Waals surface area (Å²) in [5.41, 5.74) is 0.988. The second-order valence-corrected chi connectivity index (χ2v) is 3.76. The first-order valence-electron chi connectivity index (χ1n) is 5.51. The van der Waals surface area contributed by atoms with Crippen LogP contribution in [-0.2, 0) is 13.0 Å². The number of aromatic nitrogens is 1. The Bertz CT molecular complexity index is 420. The van der Waals surface area contributed by atoms with Gasteiger partial charge in [-0.2, -0.15) is 0 Å². The average Bonchev–Trinajstić information content (AvgIpc) is 2.96. The molecule has 4 nitrogen and oxygen atoms in total. The summed E-state index contributed by atoms with van der Waals surface area (Å²) in [6.07, 6.45) is 2.58. The summed E-state index contributed by atoms with van der Waals surface area (Å²) in [5, 5.41) is 7.25. The summed E-state index contributed by atoms with van der Waals surface area (Å²) in [6.45, 7) is 4.77. The van der Waals surface area contributed by atoms with Crippen molar-refractivity contribution in [2.24, 2.45) is 0 Å². The van der Waals surface area contributed by atoms with E-state index in [9.17, 15) is 0 Å². The Hall–Kier alpha value is -1.55. The third-order valence-corrected chi connectivity index (χ3v) is 2.52. The van der Waals surface area contributed by atoms with E-state index >= 15 is 0 Å². The van der Waals surface area contributed by atoms with Gasteiger partial charge in [0, 0.05) is 6.07 Å². The Morgan fingerprint density at radius 1 is 1.50 bits per heavy atom. The highest BCUT2D eigenvalue weighted by Crippen LogP contribution is 2.13. The summed E-state index contributed by atoms with van der Waals surface area (Å²) >= 11 is 0. The van der Waals surface area contributed by atoms with Gasteiger partial charge in [-0.05, 0) is 25.5 Å². The zero-order chi connectivity index (χ0) is 11.4. The second-order valence-electron chi connectivity index (χ2n) is 3.76. The Morgan fingerprint density at radius 2 is 2.38 bits per heavy atom. The number of rotatable bonds is 5. The van der Waals surface area contributed by atoms with Crippen LogP contribution in [0.2, 0.25) is 0 Å². The average molecular weight is 220 g/mol. The van der Waals surface area contributed by atoms with Gasteiger partial charge in [-0.25, -0.2) is 0 Å². The van der Waals surface area contributed by atoms with Crippen molar-refractivity contribution in [2.45, 2.75) is 32.9 Å². The molecule has 0 aliphatic carbocycles. The Morgan fingerprint density at radius 3 is 3.00 bits per heavy atom. The maximum Gasteiger partial charge on any atom is 0.150 e. The van der Waals surface area contributed by atoms with Crippen molar-refractivity contribution in [1.82, 2.24) is 10.5 Å². The molecule has 0 fully saturated rings. The molecule has 1 N–H and O–H groups in total. The van der Waals surface area contributed by atoms with Crippen LogP contribution in [0.1, 0.15) is 37.1 Å². The van der Waals surface area contributed by atoms with Gasteiger partial charge in [-0.1, -0.05) is 12.1 Å². The predicted molar refractivity (Wildman–Crippen MR) is 59.8 cm³/mol. The summed E-state index contributed by atoms with van der Waals surface area (Å²) in [4.78, 5) is 0. The van der Waals surface area contributed by atoms with Crippen LogP contribution in [-0.4, -0.2) is 5.16 Å². The van der Waals surface area contributed by atoms with Crippen molar-refractivity contribution in [3.8, 4) is 0 Å². The molecule has 0 aromatic carbocycles. The molecule has 1 unspecified atom stereocenters. The Labute approximate surface area is 94.6 Å². The smallest absolute Gasteiger partial charge is 0.150 e. The number of furan rings is 1. The van der Waals surface area contributed by atoms with E-state index in [-0.39, 0.29) is 6.04 Å². The number of nitrogens with one attached hydrogen (secondary N) is 1. The largest absolute Gasteiger partial charge is 0.468 e. The molecule has 2 rings (SSSR count). The molecule has 2 aromatic rings. The molecular formula is C12H16N2O2. The Kier molecular flexibility index (Phi) is 3.41. The highest BCUT2D eigenvalue weighted by Gasteiger charge is 2.09. The van der Waals surface area contributed by atoms with Crippen LogP contribution >= 0.6 is 0 Å². The van der Waals surface area contributed by atoms with Crippen molar-refractivity contribution in [3.63, 3.8) is 0 Å². The molecule has 0 radical (unpaired) electrons. The van der Waals surface area contributed by atoms with E-state index in [1.165, 1.54) is 0 Å². The Balaban J connectivity index is 1.87. The molecule has 2 aromatic heterocycles. The minimum atomic E-state index is 0.171. The van der Waals surface area contributed by atoms with E-state index in [4.69, 9.17) is 8.94 Å². The maximum atomic E-state index is 5.30. The van der Waals surface area contributed by atoms with Crippen molar-refractivity contribution in [2.75, 3.05) is 0 Å². The normalized spacial score (nSPS) is 12.9.